The lowest BCUT2D eigenvalue weighted by Gasteiger charge is -2.28. The maximum atomic E-state index is 5.27. The second-order valence-corrected chi connectivity index (χ2v) is 3.32. The van der Waals surface area contributed by atoms with Crippen LogP contribution in [0, 0.1) is 0 Å². The Balaban J connectivity index is 2.69. The third-order valence-electron chi connectivity index (χ3n) is 2.16. The van der Waals surface area contributed by atoms with Crippen molar-refractivity contribution < 1.29 is 4.74 Å². The summed E-state index contributed by atoms with van der Waals surface area (Å²) in [6, 6.07) is 0. The summed E-state index contributed by atoms with van der Waals surface area (Å²) in [6.45, 7) is 4.99. The molecule has 1 rings (SSSR count). The van der Waals surface area contributed by atoms with Crippen LogP contribution in [0.5, 0.6) is 0 Å². The first-order valence-corrected chi connectivity index (χ1v) is 5.08. The largest absolute Gasteiger partial charge is 0.378 e. The van der Waals surface area contributed by atoms with Crippen LogP contribution in [-0.2, 0) is 4.74 Å². The van der Waals surface area contributed by atoms with Gasteiger partial charge in [-0.25, -0.2) is 0 Å². The zero-order valence-electron chi connectivity index (χ0n) is 9.68. The highest BCUT2D eigenvalue weighted by Gasteiger charge is 2.11. The van der Waals surface area contributed by atoms with Gasteiger partial charge in [0, 0.05) is 20.1 Å². The lowest BCUT2D eigenvalue weighted by Crippen LogP contribution is -2.39. The van der Waals surface area contributed by atoms with Crippen molar-refractivity contribution in [3.63, 3.8) is 0 Å². The smallest absolute Gasteiger partial charge is 0.249 e. The fourth-order valence-electron chi connectivity index (χ4n) is 1.34. The molecule has 0 bridgehead atoms. The molecule has 0 aromatic rings. The number of morpholine rings is 1. The minimum Gasteiger partial charge on any atom is -0.378 e. The number of hydrogen-bond donors (Lipinski definition) is 2. The van der Waals surface area contributed by atoms with Crippen LogP contribution in [0.15, 0.2) is 15.0 Å². The van der Waals surface area contributed by atoms with Crippen LogP contribution in [0.3, 0.4) is 0 Å². The maximum absolute atomic E-state index is 5.27. The van der Waals surface area contributed by atoms with E-state index >= 15 is 0 Å². The highest BCUT2D eigenvalue weighted by Crippen LogP contribution is 1.99. The van der Waals surface area contributed by atoms with Crippen molar-refractivity contribution in [2.45, 2.75) is 6.92 Å². The second kappa shape index (κ2) is 6.06. The van der Waals surface area contributed by atoms with E-state index in [0.29, 0.717) is 13.2 Å². The van der Waals surface area contributed by atoms with Crippen LogP contribution < -0.4 is 11.5 Å². The van der Waals surface area contributed by atoms with E-state index in [1.165, 1.54) is 0 Å². The standard InChI is InChI=1S/C9H18N6O/c1-7(15-3-5-16-6-4-15)13-9(12-2)14-8(10)11/h3-6H2,1-2H3,(H4,10,11,12,14). The molecule has 0 unspecified atom stereocenters. The van der Waals surface area contributed by atoms with Gasteiger partial charge in [-0.2, -0.15) is 9.98 Å². The number of amidine groups is 1. The van der Waals surface area contributed by atoms with Gasteiger partial charge in [-0.1, -0.05) is 0 Å². The number of ether oxygens (including phenoxy) is 1. The van der Waals surface area contributed by atoms with Crippen molar-refractivity contribution in [2.24, 2.45) is 26.4 Å². The molecule has 16 heavy (non-hydrogen) atoms. The molecule has 1 aliphatic rings. The average molecular weight is 226 g/mol. The number of rotatable bonds is 0. The van der Waals surface area contributed by atoms with E-state index in [2.05, 4.69) is 19.9 Å². The summed E-state index contributed by atoms with van der Waals surface area (Å²) in [5, 5.41) is 0. The highest BCUT2D eigenvalue weighted by atomic mass is 16.5. The van der Waals surface area contributed by atoms with Crippen molar-refractivity contribution in [2.75, 3.05) is 33.4 Å². The Bertz CT molecular complexity index is 312. The van der Waals surface area contributed by atoms with Crippen LogP contribution in [0.4, 0.5) is 0 Å². The Morgan fingerprint density at radius 2 is 1.81 bits per heavy atom. The first-order chi connectivity index (χ1) is 7.63. The molecule has 1 heterocycles. The van der Waals surface area contributed by atoms with Gasteiger partial charge in [0.05, 0.1) is 13.2 Å². The molecule has 1 saturated heterocycles. The fraction of sp³-hybridized carbons (Fsp3) is 0.667. The van der Waals surface area contributed by atoms with E-state index in [0.717, 1.165) is 18.9 Å². The molecule has 1 fully saturated rings. The Morgan fingerprint density at radius 1 is 1.19 bits per heavy atom. The third kappa shape index (κ3) is 3.85. The minimum absolute atomic E-state index is 0.0425. The molecule has 0 aliphatic carbocycles. The van der Waals surface area contributed by atoms with Gasteiger partial charge in [-0.15, -0.1) is 0 Å². The van der Waals surface area contributed by atoms with E-state index in [1.54, 1.807) is 7.05 Å². The van der Waals surface area contributed by atoms with Crippen molar-refractivity contribution in [3.8, 4) is 0 Å². The number of hydrogen-bond acceptors (Lipinski definition) is 2. The first kappa shape index (κ1) is 12.4. The summed E-state index contributed by atoms with van der Waals surface area (Å²) in [5.41, 5.74) is 10.5. The second-order valence-electron chi connectivity index (χ2n) is 3.32. The van der Waals surface area contributed by atoms with E-state index in [-0.39, 0.29) is 11.9 Å². The molecular formula is C9H18N6O. The summed E-state index contributed by atoms with van der Waals surface area (Å²) in [4.78, 5) is 14.1. The first-order valence-electron chi connectivity index (χ1n) is 5.08. The molecule has 90 valence electrons. The Kier molecular flexibility index (Phi) is 4.71. The van der Waals surface area contributed by atoms with Crippen molar-refractivity contribution >= 4 is 17.8 Å². The predicted octanol–water partition coefficient (Wildman–Crippen LogP) is -1.00. The summed E-state index contributed by atoms with van der Waals surface area (Å²) >= 11 is 0. The monoisotopic (exact) mass is 226 g/mol. The number of guanidine groups is 2. The molecule has 0 radical (unpaired) electrons. The van der Waals surface area contributed by atoms with Gasteiger partial charge in [-0.3, -0.25) is 4.99 Å². The van der Waals surface area contributed by atoms with Crippen LogP contribution in [0.1, 0.15) is 6.92 Å². The highest BCUT2D eigenvalue weighted by molar-refractivity contribution is 6.00. The van der Waals surface area contributed by atoms with Gasteiger partial charge in [0.15, 0.2) is 5.96 Å². The van der Waals surface area contributed by atoms with Crippen LogP contribution in [-0.4, -0.2) is 56.0 Å². The Morgan fingerprint density at radius 3 is 2.31 bits per heavy atom. The SMILES string of the molecule is CN=C(N=C(N)N)N=C(C)N1CCOCC1. The third-order valence-corrected chi connectivity index (χ3v) is 2.16. The number of aliphatic imine (C=N–C) groups is 3. The molecule has 7 nitrogen and oxygen atoms in total. The molecule has 0 atom stereocenters. The molecule has 0 aromatic heterocycles. The van der Waals surface area contributed by atoms with Crippen molar-refractivity contribution in [1.82, 2.24) is 4.90 Å². The molecule has 4 N–H and O–H groups in total. The molecule has 0 saturated carbocycles. The predicted molar refractivity (Wildman–Crippen MR) is 64.7 cm³/mol. The normalized spacial score (nSPS) is 18.5. The van der Waals surface area contributed by atoms with Gasteiger partial charge >= 0.3 is 0 Å². The minimum atomic E-state index is -0.0425. The van der Waals surface area contributed by atoms with Crippen LogP contribution >= 0.6 is 0 Å². The van der Waals surface area contributed by atoms with Gasteiger partial charge in [0.25, 0.3) is 0 Å². The fourth-order valence-corrected chi connectivity index (χ4v) is 1.34. The number of nitrogens with zero attached hydrogens (tertiary/aromatic N) is 4. The topological polar surface area (TPSA) is 102 Å². The average Bonchev–Trinajstić information content (AvgIpc) is 2.28. The zero-order chi connectivity index (χ0) is 12.0. The van der Waals surface area contributed by atoms with E-state index in [1.807, 2.05) is 6.92 Å². The lowest BCUT2D eigenvalue weighted by atomic mass is 10.4. The van der Waals surface area contributed by atoms with E-state index in [4.69, 9.17) is 16.2 Å². The molecular weight excluding hydrogens is 208 g/mol. The molecule has 0 aromatic carbocycles. The van der Waals surface area contributed by atoms with Crippen molar-refractivity contribution in [1.29, 1.82) is 0 Å². The Hall–Kier alpha value is -1.63. The molecule has 7 heteroatoms. The van der Waals surface area contributed by atoms with Crippen LogP contribution in [0.25, 0.3) is 0 Å². The van der Waals surface area contributed by atoms with Crippen molar-refractivity contribution in [3.05, 3.63) is 0 Å². The molecule has 1 aliphatic heterocycles. The van der Waals surface area contributed by atoms with E-state index in [9.17, 15) is 0 Å². The molecule has 0 amide bonds. The summed E-state index contributed by atoms with van der Waals surface area (Å²) < 4.78 is 5.25. The van der Waals surface area contributed by atoms with Gasteiger partial charge in [-0.05, 0) is 6.92 Å². The maximum Gasteiger partial charge on any atom is 0.249 e. The van der Waals surface area contributed by atoms with Gasteiger partial charge in [0.2, 0.25) is 5.96 Å². The van der Waals surface area contributed by atoms with Gasteiger partial charge in [0.1, 0.15) is 5.84 Å². The lowest BCUT2D eigenvalue weighted by molar-refractivity contribution is 0.0679. The summed E-state index contributed by atoms with van der Waals surface area (Å²) in [6.07, 6.45) is 0. The van der Waals surface area contributed by atoms with Gasteiger partial charge < -0.3 is 21.1 Å². The molecule has 0 spiro atoms. The Labute approximate surface area is 94.9 Å². The summed E-state index contributed by atoms with van der Waals surface area (Å²) in [7, 11) is 1.60. The quantitative estimate of drug-likeness (QED) is 0.408. The number of nitrogens with two attached hydrogens (primary N) is 2. The van der Waals surface area contributed by atoms with E-state index < -0.39 is 0 Å². The summed E-state index contributed by atoms with van der Waals surface area (Å²) in [5.74, 6) is 1.08. The van der Waals surface area contributed by atoms with Crippen LogP contribution in [0.2, 0.25) is 0 Å². The zero-order valence-corrected chi connectivity index (χ0v) is 9.68.